The summed E-state index contributed by atoms with van der Waals surface area (Å²) in [4.78, 5) is 0. The van der Waals surface area contributed by atoms with Crippen molar-refractivity contribution in [2.24, 2.45) is 0 Å². The van der Waals surface area contributed by atoms with Gasteiger partial charge in [0.1, 0.15) is 0 Å². The van der Waals surface area contributed by atoms with Crippen molar-refractivity contribution in [2.75, 3.05) is 39.1 Å². The van der Waals surface area contributed by atoms with Crippen LogP contribution in [0.4, 0.5) is 11.4 Å². The van der Waals surface area contributed by atoms with Crippen LogP contribution in [0.2, 0.25) is 0 Å². The van der Waals surface area contributed by atoms with E-state index < -0.39 is 15.5 Å². The highest BCUT2D eigenvalue weighted by atomic mass is 32.1. The van der Waals surface area contributed by atoms with E-state index in [2.05, 4.69) is 20.8 Å². The van der Waals surface area contributed by atoms with E-state index in [0.29, 0.717) is 11.4 Å². The van der Waals surface area contributed by atoms with Crippen LogP contribution < -0.4 is 20.8 Å². The maximum absolute atomic E-state index is 12.0. The van der Waals surface area contributed by atoms with Gasteiger partial charge in [0.15, 0.2) is 10.2 Å². The van der Waals surface area contributed by atoms with Crippen LogP contribution in [-0.4, -0.2) is 38.7 Å². The standard InChI is InChI=1S/C12H20N4O6P2S2/c1-19-23(17,20-2)15-11(25)13-9-7-5-6-8-10(9)14-12(26)16-24(18,21-3)22-4/h5-8H,1-4H3,(H2,13,15,17,25)(H2,14,16,18,26). The van der Waals surface area contributed by atoms with Crippen LogP contribution in [0, 0.1) is 0 Å². The molecule has 0 amide bonds. The number of hydrogen-bond acceptors (Lipinski definition) is 8. The van der Waals surface area contributed by atoms with E-state index in [-0.39, 0.29) is 10.2 Å². The molecule has 146 valence electrons. The molecule has 1 aromatic rings. The molecular formula is C12H20N4O6P2S2. The molecule has 0 aliphatic heterocycles. The number of para-hydroxylation sites is 2. The average molecular weight is 442 g/mol. The summed E-state index contributed by atoms with van der Waals surface area (Å²) < 4.78 is 43.1. The van der Waals surface area contributed by atoms with Gasteiger partial charge in [-0.2, -0.15) is 0 Å². The van der Waals surface area contributed by atoms with Crippen molar-refractivity contribution in [2.45, 2.75) is 0 Å². The SMILES string of the molecule is COP(=O)(NC(=S)Nc1ccccc1NC(=S)NP(=O)(OC)OC)OC. The number of hydrogen-bond donors (Lipinski definition) is 4. The Labute approximate surface area is 162 Å². The van der Waals surface area contributed by atoms with Crippen molar-refractivity contribution < 1.29 is 27.2 Å². The van der Waals surface area contributed by atoms with Gasteiger partial charge in [0.25, 0.3) is 0 Å². The van der Waals surface area contributed by atoms with E-state index >= 15 is 0 Å². The lowest BCUT2D eigenvalue weighted by Crippen LogP contribution is -2.29. The first kappa shape index (κ1) is 22.9. The summed E-state index contributed by atoms with van der Waals surface area (Å²) in [6, 6.07) is 6.87. The Morgan fingerprint density at radius 3 is 1.35 bits per heavy atom. The lowest BCUT2D eigenvalue weighted by molar-refractivity contribution is 0.270. The summed E-state index contributed by atoms with van der Waals surface area (Å²) in [6.45, 7) is 0. The van der Waals surface area contributed by atoms with Crippen LogP contribution in [0.25, 0.3) is 0 Å². The lowest BCUT2D eigenvalue weighted by Gasteiger charge is -2.20. The highest BCUT2D eigenvalue weighted by Crippen LogP contribution is 2.42. The van der Waals surface area contributed by atoms with E-state index in [1.54, 1.807) is 24.3 Å². The maximum atomic E-state index is 12.0. The van der Waals surface area contributed by atoms with E-state index in [4.69, 9.17) is 42.5 Å². The Balaban J connectivity index is 2.85. The third-order valence-corrected chi connectivity index (χ3v) is 6.49. The minimum atomic E-state index is -3.54. The molecule has 0 saturated carbocycles. The molecule has 0 aromatic heterocycles. The van der Waals surface area contributed by atoms with E-state index in [1.807, 2.05) is 0 Å². The predicted molar refractivity (Wildman–Crippen MR) is 108 cm³/mol. The monoisotopic (exact) mass is 442 g/mol. The first-order chi connectivity index (χ1) is 12.2. The van der Waals surface area contributed by atoms with Gasteiger partial charge in [-0.3, -0.25) is 28.3 Å². The zero-order chi connectivity index (χ0) is 19.8. The zero-order valence-electron chi connectivity index (χ0n) is 14.5. The number of benzene rings is 1. The van der Waals surface area contributed by atoms with Crippen LogP contribution in [-0.2, 0) is 27.2 Å². The lowest BCUT2D eigenvalue weighted by atomic mass is 10.2. The third kappa shape index (κ3) is 6.90. The summed E-state index contributed by atoms with van der Waals surface area (Å²) in [5.74, 6) is 0. The summed E-state index contributed by atoms with van der Waals surface area (Å²) in [7, 11) is -2.17. The normalized spacial score (nSPS) is 11.5. The molecule has 0 unspecified atom stereocenters. The average Bonchev–Trinajstić information content (AvgIpc) is 2.62. The highest BCUT2D eigenvalue weighted by Gasteiger charge is 2.24. The largest absolute Gasteiger partial charge is 0.433 e. The first-order valence-corrected chi connectivity index (χ1v) is 10.8. The van der Waals surface area contributed by atoms with E-state index in [0.717, 1.165) is 0 Å². The van der Waals surface area contributed by atoms with Gasteiger partial charge in [0.05, 0.1) is 11.4 Å². The second-order valence-corrected chi connectivity index (χ2v) is 9.12. The van der Waals surface area contributed by atoms with Crippen LogP contribution in [0.1, 0.15) is 0 Å². The van der Waals surface area contributed by atoms with Crippen LogP contribution >= 0.6 is 39.9 Å². The van der Waals surface area contributed by atoms with Gasteiger partial charge in [-0.05, 0) is 36.6 Å². The van der Waals surface area contributed by atoms with Gasteiger partial charge in [0.2, 0.25) is 0 Å². The predicted octanol–water partition coefficient (Wildman–Crippen LogP) is 3.06. The minimum absolute atomic E-state index is 0.00427. The zero-order valence-corrected chi connectivity index (χ0v) is 17.9. The van der Waals surface area contributed by atoms with Crippen molar-refractivity contribution in [3.63, 3.8) is 0 Å². The summed E-state index contributed by atoms with van der Waals surface area (Å²) >= 11 is 10.2. The molecule has 0 heterocycles. The summed E-state index contributed by atoms with van der Waals surface area (Å²) in [5.41, 5.74) is 0.996. The molecule has 0 atom stereocenters. The summed E-state index contributed by atoms with van der Waals surface area (Å²) in [6.07, 6.45) is 0. The molecule has 0 spiro atoms. The van der Waals surface area contributed by atoms with Gasteiger partial charge < -0.3 is 10.6 Å². The van der Waals surface area contributed by atoms with Crippen molar-refractivity contribution in [1.29, 1.82) is 0 Å². The van der Waals surface area contributed by atoms with Crippen molar-refractivity contribution >= 4 is 61.5 Å². The second kappa shape index (κ2) is 10.3. The van der Waals surface area contributed by atoms with Crippen LogP contribution in [0.15, 0.2) is 24.3 Å². The Bertz CT molecular complexity index is 673. The number of anilines is 2. The maximum Gasteiger partial charge on any atom is 0.433 e. The molecule has 4 N–H and O–H groups in total. The fourth-order valence-corrected chi connectivity index (χ4v) is 3.75. The number of nitrogens with one attached hydrogen (secondary N) is 4. The molecule has 10 nitrogen and oxygen atoms in total. The molecule has 0 radical (unpaired) electrons. The molecule has 0 aliphatic rings. The van der Waals surface area contributed by atoms with Crippen LogP contribution in [0.3, 0.4) is 0 Å². The van der Waals surface area contributed by atoms with Crippen molar-refractivity contribution in [3.8, 4) is 0 Å². The van der Waals surface area contributed by atoms with Crippen molar-refractivity contribution in [3.05, 3.63) is 24.3 Å². The number of thiocarbonyl (C=S) groups is 2. The quantitative estimate of drug-likeness (QED) is 0.350. The molecule has 0 bridgehead atoms. The molecule has 26 heavy (non-hydrogen) atoms. The van der Waals surface area contributed by atoms with Gasteiger partial charge in [0, 0.05) is 28.4 Å². The Morgan fingerprint density at radius 1 is 0.769 bits per heavy atom. The van der Waals surface area contributed by atoms with Crippen LogP contribution in [0.5, 0.6) is 0 Å². The molecule has 0 saturated heterocycles. The van der Waals surface area contributed by atoms with Gasteiger partial charge in [-0.15, -0.1) is 0 Å². The van der Waals surface area contributed by atoms with Crippen molar-refractivity contribution in [1.82, 2.24) is 10.2 Å². The fraction of sp³-hybridized carbons (Fsp3) is 0.333. The second-order valence-electron chi connectivity index (χ2n) is 4.40. The smallest absolute Gasteiger partial charge is 0.331 e. The molecular weight excluding hydrogens is 422 g/mol. The van der Waals surface area contributed by atoms with Gasteiger partial charge in [-0.1, -0.05) is 12.1 Å². The third-order valence-electron chi connectivity index (χ3n) is 2.86. The molecule has 1 rings (SSSR count). The van der Waals surface area contributed by atoms with Gasteiger partial charge in [-0.25, -0.2) is 9.13 Å². The Morgan fingerprint density at radius 2 is 1.08 bits per heavy atom. The first-order valence-electron chi connectivity index (χ1n) is 6.91. The minimum Gasteiger partial charge on any atom is -0.331 e. The Hall–Kier alpha value is -1.10. The fourth-order valence-electron chi connectivity index (χ4n) is 1.58. The van der Waals surface area contributed by atoms with E-state index in [1.165, 1.54) is 28.4 Å². The highest BCUT2D eigenvalue weighted by molar-refractivity contribution is 7.81. The molecule has 0 aliphatic carbocycles. The molecule has 0 fully saturated rings. The Kier molecular flexibility index (Phi) is 9.08. The molecule has 1 aromatic carbocycles. The van der Waals surface area contributed by atoms with Gasteiger partial charge >= 0.3 is 15.5 Å². The number of rotatable bonds is 8. The molecule has 14 heteroatoms. The topological polar surface area (TPSA) is 119 Å². The van der Waals surface area contributed by atoms with E-state index in [9.17, 15) is 9.13 Å². The summed E-state index contributed by atoms with van der Waals surface area (Å²) in [5, 5.41) is 10.6.